The van der Waals surface area contributed by atoms with E-state index in [1.54, 1.807) is 0 Å². The Morgan fingerprint density at radius 2 is 2.29 bits per heavy atom. The van der Waals surface area contributed by atoms with Crippen molar-refractivity contribution in [1.29, 1.82) is 0 Å². The van der Waals surface area contributed by atoms with Gasteiger partial charge in [0.05, 0.1) is 6.04 Å². The Labute approximate surface area is 86.0 Å². The molecule has 4 heteroatoms. The van der Waals surface area contributed by atoms with Crippen molar-refractivity contribution < 1.29 is 4.79 Å². The fraction of sp³-hybridized carbons (Fsp3) is 0.900. The van der Waals surface area contributed by atoms with Crippen LogP contribution in [0.15, 0.2) is 0 Å². The summed E-state index contributed by atoms with van der Waals surface area (Å²) in [5.41, 5.74) is 0. The lowest BCUT2D eigenvalue weighted by atomic mass is 10.1. The molecule has 14 heavy (non-hydrogen) atoms. The summed E-state index contributed by atoms with van der Waals surface area (Å²) in [6, 6.07) is 0.286. The first kappa shape index (κ1) is 11.5. The molecule has 1 saturated heterocycles. The minimum Gasteiger partial charge on any atom is -0.342 e. The van der Waals surface area contributed by atoms with E-state index in [4.69, 9.17) is 0 Å². The van der Waals surface area contributed by atoms with Crippen molar-refractivity contribution in [3.05, 3.63) is 0 Å². The molecule has 1 rings (SSSR count). The lowest BCUT2D eigenvalue weighted by molar-refractivity contribution is -0.134. The Hall–Kier alpha value is -0.610. The fourth-order valence-corrected chi connectivity index (χ4v) is 1.56. The second-order valence-corrected chi connectivity index (χ2v) is 3.92. The van der Waals surface area contributed by atoms with Crippen LogP contribution in [-0.4, -0.2) is 49.6 Å². The van der Waals surface area contributed by atoms with E-state index in [0.29, 0.717) is 6.04 Å². The van der Waals surface area contributed by atoms with Gasteiger partial charge in [0.15, 0.2) is 0 Å². The summed E-state index contributed by atoms with van der Waals surface area (Å²) in [5, 5.41) is 6.44. The number of carbonyl (C=O) groups is 1. The zero-order valence-electron chi connectivity index (χ0n) is 9.34. The lowest BCUT2D eigenvalue weighted by Crippen LogP contribution is -2.57. The van der Waals surface area contributed by atoms with Gasteiger partial charge in [-0.2, -0.15) is 0 Å². The van der Waals surface area contributed by atoms with Crippen molar-refractivity contribution in [3.8, 4) is 0 Å². The van der Waals surface area contributed by atoms with E-state index in [-0.39, 0.29) is 11.9 Å². The summed E-state index contributed by atoms with van der Waals surface area (Å²) in [5.74, 6) is 0.201. The van der Waals surface area contributed by atoms with Crippen molar-refractivity contribution in [2.45, 2.75) is 32.4 Å². The molecule has 1 amide bonds. The molecule has 2 unspecified atom stereocenters. The van der Waals surface area contributed by atoms with Crippen LogP contribution in [0.5, 0.6) is 0 Å². The highest BCUT2D eigenvalue weighted by molar-refractivity contribution is 5.82. The number of nitrogens with zero attached hydrogens (tertiary/aromatic N) is 1. The van der Waals surface area contributed by atoms with Crippen molar-refractivity contribution in [1.82, 2.24) is 15.5 Å². The maximum Gasteiger partial charge on any atom is 0.241 e. The zero-order valence-corrected chi connectivity index (χ0v) is 9.34. The molecule has 2 atom stereocenters. The normalized spacial score (nSPS) is 24.4. The van der Waals surface area contributed by atoms with E-state index >= 15 is 0 Å². The summed E-state index contributed by atoms with van der Waals surface area (Å²) in [6.07, 6.45) is 1.00. The van der Waals surface area contributed by atoms with E-state index in [1.807, 2.05) is 11.9 Å². The van der Waals surface area contributed by atoms with Crippen LogP contribution in [0.4, 0.5) is 0 Å². The number of hydrogen-bond acceptors (Lipinski definition) is 3. The van der Waals surface area contributed by atoms with Gasteiger partial charge in [-0.3, -0.25) is 4.79 Å². The molecule has 0 saturated carbocycles. The van der Waals surface area contributed by atoms with Gasteiger partial charge in [0.25, 0.3) is 0 Å². The number of nitrogens with one attached hydrogen (secondary N) is 2. The van der Waals surface area contributed by atoms with Crippen LogP contribution >= 0.6 is 0 Å². The van der Waals surface area contributed by atoms with Crippen LogP contribution in [0, 0.1) is 0 Å². The monoisotopic (exact) mass is 199 g/mol. The van der Waals surface area contributed by atoms with Crippen molar-refractivity contribution in [3.63, 3.8) is 0 Å². The summed E-state index contributed by atoms with van der Waals surface area (Å²) in [7, 11) is 1.88. The van der Waals surface area contributed by atoms with Crippen molar-refractivity contribution >= 4 is 5.91 Å². The Morgan fingerprint density at radius 3 is 2.79 bits per heavy atom. The molecule has 1 aliphatic heterocycles. The van der Waals surface area contributed by atoms with E-state index in [1.165, 1.54) is 0 Å². The van der Waals surface area contributed by atoms with Crippen LogP contribution in [0.1, 0.15) is 20.3 Å². The highest BCUT2D eigenvalue weighted by Crippen LogP contribution is 2.03. The molecule has 1 fully saturated rings. The predicted octanol–water partition coefficient (Wildman–Crippen LogP) is -0.195. The Morgan fingerprint density at radius 1 is 1.57 bits per heavy atom. The molecule has 0 aromatic carbocycles. The second-order valence-electron chi connectivity index (χ2n) is 3.92. The molecular weight excluding hydrogens is 178 g/mol. The predicted molar refractivity (Wildman–Crippen MR) is 57.2 cm³/mol. The molecule has 4 nitrogen and oxygen atoms in total. The summed E-state index contributed by atoms with van der Waals surface area (Å²) in [6.45, 7) is 6.76. The van der Waals surface area contributed by atoms with Gasteiger partial charge in [0.1, 0.15) is 0 Å². The zero-order chi connectivity index (χ0) is 10.6. The molecule has 0 aromatic heterocycles. The van der Waals surface area contributed by atoms with Crippen LogP contribution < -0.4 is 10.6 Å². The third kappa shape index (κ3) is 2.69. The number of hydrogen-bond donors (Lipinski definition) is 2. The topological polar surface area (TPSA) is 44.4 Å². The maximum atomic E-state index is 11.9. The van der Waals surface area contributed by atoms with Gasteiger partial charge < -0.3 is 15.5 Å². The van der Waals surface area contributed by atoms with Gasteiger partial charge in [0.2, 0.25) is 5.91 Å². The van der Waals surface area contributed by atoms with Crippen LogP contribution in [-0.2, 0) is 4.79 Å². The molecule has 0 aromatic rings. The number of likely N-dealkylation sites (N-methyl/N-ethyl adjacent to an activating group) is 1. The lowest BCUT2D eigenvalue weighted by Gasteiger charge is -2.31. The van der Waals surface area contributed by atoms with E-state index < -0.39 is 0 Å². The molecule has 0 spiro atoms. The molecule has 0 aliphatic carbocycles. The second kappa shape index (κ2) is 5.32. The molecule has 82 valence electrons. The average Bonchev–Trinajstić information content (AvgIpc) is 2.27. The van der Waals surface area contributed by atoms with Gasteiger partial charge in [0, 0.05) is 32.7 Å². The largest absolute Gasteiger partial charge is 0.342 e. The Kier molecular flexibility index (Phi) is 4.35. The summed E-state index contributed by atoms with van der Waals surface area (Å²) >= 11 is 0. The van der Waals surface area contributed by atoms with Gasteiger partial charge in [-0.05, 0) is 13.3 Å². The number of rotatable bonds is 3. The number of piperazine rings is 1. The Bertz CT molecular complexity index is 186. The van der Waals surface area contributed by atoms with Gasteiger partial charge in [-0.15, -0.1) is 0 Å². The van der Waals surface area contributed by atoms with Gasteiger partial charge in [-0.1, -0.05) is 6.92 Å². The number of carbonyl (C=O) groups excluding carboxylic acids is 1. The Balaban J connectivity index is 2.46. The van der Waals surface area contributed by atoms with Crippen LogP contribution in [0.3, 0.4) is 0 Å². The van der Waals surface area contributed by atoms with Crippen molar-refractivity contribution in [2.24, 2.45) is 0 Å². The highest BCUT2D eigenvalue weighted by Gasteiger charge is 2.25. The van der Waals surface area contributed by atoms with E-state index in [9.17, 15) is 4.79 Å². The van der Waals surface area contributed by atoms with Crippen LogP contribution in [0.25, 0.3) is 0 Å². The van der Waals surface area contributed by atoms with Gasteiger partial charge >= 0.3 is 0 Å². The molecule has 1 heterocycles. The quantitative estimate of drug-likeness (QED) is 0.662. The van der Waals surface area contributed by atoms with E-state index in [2.05, 4.69) is 24.5 Å². The standard InChI is InChI=1S/C10H21N3O/c1-4-8(2)13(3)10(14)9-7-11-5-6-12-9/h8-9,11-12H,4-7H2,1-3H3. The molecular formula is C10H21N3O. The van der Waals surface area contributed by atoms with E-state index in [0.717, 1.165) is 26.1 Å². The SMILES string of the molecule is CCC(C)N(C)C(=O)C1CNCCN1. The third-order valence-electron chi connectivity index (χ3n) is 2.94. The first-order chi connectivity index (χ1) is 6.66. The molecule has 2 N–H and O–H groups in total. The molecule has 1 aliphatic rings. The third-order valence-corrected chi connectivity index (χ3v) is 2.94. The summed E-state index contributed by atoms with van der Waals surface area (Å²) < 4.78 is 0. The highest BCUT2D eigenvalue weighted by atomic mass is 16.2. The molecule has 0 radical (unpaired) electrons. The van der Waals surface area contributed by atoms with Crippen LogP contribution in [0.2, 0.25) is 0 Å². The van der Waals surface area contributed by atoms with Crippen molar-refractivity contribution in [2.75, 3.05) is 26.7 Å². The fourth-order valence-electron chi connectivity index (χ4n) is 1.56. The molecule has 0 bridgehead atoms. The minimum atomic E-state index is -0.0391. The maximum absolute atomic E-state index is 11.9. The van der Waals surface area contributed by atoms with Gasteiger partial charge in [-0.25, -0.2) is 0 Å². The minimum absolute atomic E-state index is 0.0391. The smallest absolute Gasteiger partial charge is 0.241 e. The first-order valence-electron chi connectivity index (χ1n) is 5.37. The summed E-state index contributed by atoms with van der Waals surface area (Å²) in [4.78, 5) is 13.8. The first-order valence-corrected chi connectivity index (χ1v) is 5.37. The average molecular weight is 199 g/mol. The number of amides is 1.